The summed E-state index contributed by atoms with van der Waals surface area (Å²) in [5, 5.41) is 6.27. The number of aryl methyl sites for hydroxylation is 1. The summed E-state index contributed by atoms with van der Waals surface area (Å²) in [6.07, 6.45) is 2.69. The van der Waals surface area contributed by atoms with Crippen LogP contribution in [0.5, 0.6) is 0 Å². The molecule has 0 bridgehead atoms. The molecule has 0 aliphatic heterocycles. The SMILES string of the molecule is CCOC(=O)c1sc2ncn3nc(C4CC4c4ccc(Cl)cc4)nc3c2c1C. The van der Waals surface area contributed by atoms with Gasteiger partial charge in [0.05, 0.1) is 12.0 Å². The van der Waals surface area contributed by atoms with E-state index >= 15 is 0 Å². The fourth-order valence-corrected chi connectivity index (χ4v) is 4.82. The van der Waals surface area contributed by atoms with Gasteiger partial charge in [0.2, 0.25) is 0 Å². The first-order chi connectivity index (χ1) is 13.6. The number of hydrogen-bond acceptors (Lipinski definition) is 6. The Morgan fingerprint density at radius 2 is 2.11 bits per heavy atom. The van der Waals surface area contributed by atoms with E-state index in [9.17, 15) is 4.79 Å². The third-order valence-corrected chi connectivity index (χ3v) is 6.60. The van der Waals surface area contributed by atoms with E-state index in [4.69, 9.17) is 21.3 Å². The Bertz CT molecular complexity index is 1210. The Labute approximate surface area is 170 Å². The minimum atomic E-state index is -0.314. The monoisotopic (exact) mass is 412 g/mol. The predicted molar refractivity (Wildman–Crippen MR) is 108 cm³/mol. The number of benzene rings is 1. The molecule has 1 aromatic carbocycles. The minimum absolute atomic E-state index is 0.291. The molecule has 0 saturated heterocycles. The average molecular weight is 413 g/mol. The van der Waals surface area contributed by atoms with Crippen molar-refractivity contribution < 1.29 is 9.53 Å². The Morgan fingerprint density at radius 1 is 1.32 bits per heavy atom. The lowest BCUT2D eigenvalue weighted by molar-refractivity contribution is 0.0531. The normalized spacial score (nSPS) is 18.7. The number of ether oxygens (including phenoxy) is 1. The van der Waals surface area contributed by atoms with Crippen LogP contribution in [0.15, 0.2) is 30.6 Å². The van der Waals surface area contributed by atoms with Gasteiger partial charge < -0.3 is 4.74 Å². The molecule has 6 nitrogen and oxygen atoms in total. The van der Waals surface area contributed by atoms with E-state index in [1.807, 2.05) is 19.1 Å². The summed E-state index contributed by atoms with van der Waals surface area (Å²) >= 11 is 7.33. The fraction of sp³-hybridized carbons (Fsp3) is 0.300. The summed E-state index contributed by atoms with van der Waals surface area (Å²) in [5.74, 6) is 1.21. The van der Waals surface area contributed by atoms with Crippen LogP contribution in [-0.4, -0.2) is 32.2 Å². The summed E-state index contributed by atoms with van der Waals surface area (Å²) in [7, 11) is 0. The van der Waals surface area contributed by atoms with Crippen LogP contribution < -0.4 is 0 Å². The molecule has 1 aliphatic carbocycles. The maximum absolute atomic E-state index is 12.2. The maximum atomic E-state index is 12.2. The number of hydrogen-bond donors (Lipinski definition) is 0. The van der Waals surface area contributed by atoms with Crippen molar-refractivity contribution in [3.63, 3.8) is 0 Å². The molecule has 3 heterocycles. The van der Waals surface area contributed by atoms with Gasteiger partial charge in [-0.1, -0.05) is 23.7 Å². The number of nitrogens with zero attached hydrogens (tertiary/aromatic N) is 4. The molecule has 142 valence electrons. The summed E-state index contributed by atoms with van der Waals surface area (Å²) < 4.78 is 6.88. The second-order valence-electron chi connectivity index (χ2n) is 6.94. The topological polar surface area (TPSA) is 69.4 Å². The average Bonchev–Trinajstić information content (AvgIpc) is 3.24. The van der Waals surface area contributed by atoms with Crippen molar-refractivity contribution in [1.82, 2.24) is 19.6 Å². The van der Waals surface area contributed by atoms with E-state index in [0.29, 0.717) is 23.3 Å². The van der Waals surface area contributed by atoms with Crippen LogP contribution in [0, 0.1) is 6.92 Å². The van der Waals surface area contributed by atoms with Gasteiger partial charge in [0.15, 0.2) is 11.5 Å². The first-order valence-corrected chi connectivity index (χ1v) is 10.3. The summed E-state index contributed by atoms with van der Waals surface area (Å²) in [5.41, 5.74) is 2.85. The molecule has 8 heteroatoms. The van der Waals surface area contributed by atoms with Crippen LogP contribution in [0.2, 0.25) is 5.02 Å². The van der Waals surface area contributed by atoms with Crippen LogP contribution in [0.25, 0.3) is 15.9 Å². The number of thiophene rings is 1. The molecule has 3 aromatic heterocycles. The standard InChI is InChI=1S/C20H17ClN4O2S/c1-3-27-20(26)16-10(2)15-18-23-17(24-25(18)9-22-19(15)28-16)14-8-13(14)11-4-6-12(21)7-5-11/h4-7,9,13-14H,3,8H2,1-2H3. The Balaban J connectivity index is 1.53. The van der Waals surface area contributed by atoms with Crippen molar-refractivity contribution >= 4 is 44.8 Å². The first kappa shape index (κ1) is 17.6. The molecule has 5 rings (SSSR count). The van der Waals surface area contributed by atoms with Crippen LogP contribution >= 0.6 is 22.9 Å². The molecular weight excluding hydrogens is 396 g/mol. The van der Waals surface area contributed by atoms with Gasteiger partial charge in [0.25, 0.3) is 0 Å². The molecule has 28 heavy (non-hydrogen) atoms. The van der Waals surface area contributed by atoms with Gasteiger partial charge in [-0.25, -0.2) is 19.3 Å². The summed E-state index contributed by atoms with van der Waals surface area (Å²) in [6, 6.07) is 7.97. The van der Waals surface area contributed by atoms with Gasteiger partial charge in [-0.2, -0.15) is 0 Å². The van der Waals surface area contributed by atoms with Crippen LogP contribution in [0.1, 0.15) is 51.8 Å². The lowest BCUT2D eigenvalue weighted by Crippen LogP contribution is -2.03. The van der Waals surface area contributed by atoms with Crippen molar-refractivity contribution in [2.24, 2.45) is 0 Å². The van der Waals surface area contributed by atoms with Crippen LogP contribution in [-0.2, 0) is 4.74 Å². The predicted octanol–water partition coefficient (Wildman–Crippen LogP) is 4.75. The molecule has 4 aromatic rings. The Morgan fingerprint density at radius 3 is 2.86 bits per heavy atom. The van der Waals surface area contributed by atoms with E-state index in [1.165, 1.54) is 16.9 Å². The Kier molecular flexibility index (Phi) is 4.10. The summed E-state index contributed by atoms with van der Waals surface area (Å²) in [6.45, 7) is 4.06. The second-order valence-corrected chi connectivity index (χ2v) is 8.38. The number of carbonyl (C=O) groups is 1. The summed E-state index contributed by atoms with van der Waals surface area (Å²) in [4.78, 5) is 22.9. The zero-order chi connectivity index (χ0) is 19.4. The van der Waals surface area contributed by atoms with Crippen LogP contribution in [0.3, 0.4) is 0 Å². The highest BCUT2D eigenvalue weighted by Crippen LogP contribution is 2.53. The molecule has 1 fully saturated rings. The smallest absolute Gasteiger partial charge is 0.348 e. The second kappa shape index (κ2) is 6.53. The third-order valence-electron chi connectivity index (χ3n) is 5.16. The van der Waals surface area contributed by atoms with Gasteiger partial charge in [-0.15, -0.1) is 16.4 Å². The zero-order valence-corrected chi connectivity index (χ0v) is 16.9. The van der Waals surface area contributed by atoms with E-state index in [2.05, 4.69) is 22.2 Å². The molecule has 0 spiro atoms. The first-order valence-electron chi connectivity index (χ1n) is 9.13. The van der Waals surface area contributed by atoms with Gasteiger partial charge >= 0.3 is 5.97 Å². The van der Waals surface area contributed by atoms with Crippen molar-refractivity contribution in [3.8, 4) is 0 Å². The molecule has 0 amide bonds. The molecule has 1 aliphatic rings. The number of halogens is 1. The number of fused-ring (bicyclic) bond motifs is 3. The largest absolute Gasteiger partial charge is 0.462 e. The molecule has 0 N–H and O–H groups in total. The lowest BCUT2D eigenvalue weighted by Gasteiger charge is -1.99. The lowest BCUT2D eigenvalue weighted by atomic mass is 10.1. The maximum Gasteiger partial charge on any atom is 0.348 e. The molecular formula is C20H17ClN4O2S. The van der Waals surface area contributed by atoms with Gasteiger partial charge in [-0.05, 0) is 49.4 Å². The van der Waals surface area contributed by atoms with E-state index in [1.54, 1.807) is 17.8 Å². The van der Waals surface area contributed by atoms with E-state index in [0.717, 1.165) is 38.7 Å². The van der Waals surface area contributed by atoms with Gasteiger partial charge in [0.1, 0.15) is 16.0 Å². The number of rotatable bonds is 4. The number of aromatic nitrogens is 4. The minimum Gasteiger partial charge on any atom is -0.462 e. The van der Waals surface area contributed by atoms with Crippen molar-refractivity contribution in [1.29, 1.82) is 0 Å². The highest BCUT2D eigenvalue weighted by Gasteiger charge is 2.42. The van der Waals surface area contributed by atoms with Crippen LogP contribution in [0.4, 0.5) is 0 Å². The number of esters is 1. The number of carbonyl (C=O) groups excluding carboxylic acids is 1. The molecule has 1 saturated carbocycles. The van der Waals surface area contributed by atoms with Crippen molar-refractivity contribution in [2.75, 3.05) is 6.61 Å². The van der Waals surface area contributed by atoms with Gasteiger partial charge in [0, 0.05) is 10.9 Å². The highest BCUT2D eigenvalue weighted by molar-refractivity contribution is 7.20. The zero-order valence-electron chi connectivity index (χ0n) is 15.3. The molecule has 2 atom stereocenters. The molecule has 2 unspecified atom stereocenters. The third kappa shape index (κ3) is 2.77. The fourth-order valence-electron chi connectivity index (χ4n) is 3.66. The van der Waals surface area contributed by atoms with Crippen molar-refractivity contribution in [2.45, 2.75) is 32.1 Å². The molecule has 0 radical (unpaired) electrons. The quantitative estimate of drug-likeness (QED) is 0.452. The van der Waals surface area contributed by atoms with E-state index in [-0.39, 0.29) is 5.97 Å². The highest BCUT2D eigenvalue weighted by atomic mass is 35.5. The van der Waals surface area contributed by atoms with E-state index < -0.39 is 0 Å². The Hall–Kier alpha value is -2.51. The van der Waals surface area contributed by atoms with Crippen molar-refractivity contribution in [3.05, 3.63) is 57.4 Å². The van der Waals surface area contributed by atoms with Gasteiger partial charge in [-0.3, -0.25) is 0 Å².